The van der Waals surface area contributed by atoms with Crippen molar-refractivity contribution in [2.45, 2.75) is 26.1 Å². The molecule has 2 unspecified atom stereocenters. The predicted octanol–water partition coefficient (Wildman–Crippen LogP) is 1.66. The lowest BCUT2D eigenvalue weighted by Gasteiger charge is -2.15. The summed E-state index contributed by atoms with van der Waals surface area (Å²) in [5, 5.41) is 26.2. The van der Waals surface area contributed by atoms with Gasteiger partial charge in [0.25, 0.3) is 0 Å². The number of aryl methyl sites for hydroxylation is 2. The summed E-state index contributed by atoms with van der Waals surface area (Å²) >= 11 is 0. The van der Waals surface area contributed by atoms with Crippen molar-refractivity contribution in [3.05, 3.63) is 59.7 Å². The van der Waals surface area contributed by atoms with Crippen LogP contribution in [0.4, 0.5) is 0 Å². The Labute approximate surface area is 167 Å². The summed E-state index contributed by atoms with van der Waals surface area (Å²) in [6, 6.07) is 15.5. The van der Waals surface area contributed by atoms with Crippen molar-refractivity contribution in [3.63, 3.8) is 0 Å². The highest BCUT2D eigenvalue weighted by molar-refractivity contribution is 5.28. The third kappa shape index (κ3) is 9.19. The molecule has 2 atom stereocenters. The SMILES string of the molecule is Cc1cccc(OCC(O)CNCCNCC(O)COc2cccc(C)c2)c1. The largest absolute Gasteiger partial charge is 0.491 e. The molecule has 0 bridgehead atoms. The molecule has 0 saturated heterocycles. The van der Waals surface area contributed by atoms with E-state index < -0.39 is 12.2 Å². The van der Waals surface area contributed by atoms with Crippen molar-refractivity contribution >= 4 is 0 Å². The molecule has 0 radical (unpaired) electrons. The molecule has 154 valence electrons. The first kappa shape index (κ1) is 22.2. The lowest BCUT2D eigenvalue weighted by Crippen LogP contribution is -2.38. The minimum atomic E-state index is -0.575. The summed E-state index contributed by atoms with van der Waals surface area (Å²) in [4.78, 5) is 0. The van der Waals surface area contributed by atoms with E-state index in [9.17, 15) is 10.2 Å². The molecule has 4 N–H and O–H groups in total. The van der Waals surface area contributed by atoms with Gasteiger partial charge >= 0.3 is 0 Å². The second-order valence-electron chi connectivity index (χ2n) is 6.97. The van der Waals surface area contributed by atoms with Crippen LogP contribution in [0.15, 0.2) is 48.5 Å². The van der Waals surface area contributed by atoms with Crippen molar-refractivity contribution in [1.82, 2.24) is 10.6 Å². The average Bonchev–Trinajstić information content (AvgIpc) is 2.67. The minimum Gasteiger partial charge on any atom is -0.491 e. The second kappa shape index (κ2) is 12.4. The van der Waals surface area contributed by atoms with Crippen molar-refractivity contribution < 1.29 is 19.7 Å². The first-order valence-corrected chi connectivity index (χ1v) is 9.69. The Kier molecular flexibility index (Phi) is 9.79. The summed E-state index contributed by atoms with van der Waals surface area (Å²) in [6.07, 6.45) is -1.15. The van der Waals surface area contributed by atoms with Crippen LogP contribution in [0.5, 0.6) is 11.5 Å². The fraction of sp³-hybridized carbons (Fsp3) is 0.455. The Balaban J connectivity index is 1.47. The summed E-state index contributed by atoms with van der Waals surface area (Å²) in [7, 11) is 0. The number of ether oxygens (including phenoxy) is 2. The van der Waals surface area contributed by atoms with Gasteiger partial charge in [-0.15, -0.1) is 0 Å². The molecule has 0 saturated carbocycles. The summed E-state index contributed by atoms with van der Waals surface area (Å²) < 4.78 is 11.2. The number of nitrogens with one attached hydrogen (secondary N) is 2. The lowest BCUT2D eigenvalue weighted by atomic mass is 10.2. The monoisotopic (exact) mass is 388 g/mol. The van der Waals surface area contributed by atoms with Gasteiger partial charge in [-0.25, -0.2) is 0 Å². The zero-order valence-electron chi connectivity index (χ0n) is 16.7. The van der Waals surface area contributed by atoms with Gasteiger partial charge in [0.2, 0.25) is 0 Å². The van der Waals surface area contributed by atoms with Crippen molar-refractivity contribution in [2.24, 2.45) is 0 Å². The van der Waals surface area contributed by atoms with E-state index >= 15 is 0 Å². The van der Waals surface area contributed by atoms with Gasteiger partial charge in [0, 0.05) is 26.2 Å². The molecule has 0 aliphatic rings. The smallest absolute Gasteiger partial charge is 0.119 e. The highest BCUT2D eigenvalue weighted by Crippen LogP contribution is 2.13. The fourth-order valence-corrected chi connectivity index (χ4v) is 2.63. The summed E-state index contributed by atoms with van der Waals surface area (Å²) in [6.45, 7) is 6.78. The van der Waals surface area contributed by atoms with E-state index in [-0.39, 0.29) is 13.2 Å². The van der Waals surface area contributed by atoms with Gasteiger partial charge < -0.3 is 30.3 Å². The third-order valence-corrected chi connectivity index (χ3v) is 4.10. The van der Waals surface area contributed by atoms with Crippen molar-refractivity contribution in [1.29, 1.82) is 0 Å². The van der Waals surface area contributed by atoms with Crippen LogP contribution < -0.4 is 20.1 Å². The minimum absolute atomic E-state index is 0.249. The molecular formula is C22H32N2O4. The second-order valence-corrected chi connectivity index (χ2v) is 6.97. The molecular weight excluding hydrogens is 356 g/mol. The molecule has 0 heterocycles. The zero-order valence-corrected chi connectivity index (χ0v) is 16.7. The summed E-state index contributed by atoms with van der Waals surface area (Å²) in [5.74, 6) is 1.53. The highest BCUT2D eigenvalue weighted by Gasteiger charge is 2.06. The molecule has 6 heteroatoms. The third-order valence-electron chi connectivity index (χ3n) is 4.10. The van der Waals surface area contributed by atoms with Crippen LogP contribution in [-0.2, 0) is 0 Å². The van der Waals surface area contributed by atoms with E-state index in [1.165, 1.54) is 0 Å². The Morgan fingerprint density at radius 1 is 0.750 bits per heavy atom. The fourth-order valence-electron chi connectivity index (χ4n) is 2.63. The van der Waals surface area contributed by atoms with Crippen LogP contribution in [0.25, 0.3) is 0 Å². The van der Waals surface area contributed by atoms with Crippen LogP contribution in [0.1, 0.15) is 11.1 Å². The molecule has 0 spiro atoms. The number of aliphatic hydroxyl groups is 2. The number of hydrogen-bond acceptors (Lipinski definition) is 6. The first-order valence-electron chi connectivity index (χ1n) is 9.69. The van der Waals surface area contributed by atoms with Gasteiger partial charge in [0.05, 0.1) is 0 Å². The Bertz CT molecular complexity index is 636. The van der Waals surface area contributed by atoms with Crippen LogP contribution in [0.2, 0.25) is 0 Å². The van der Waals surface area contributed by atoms with Crippen LogP contribution >= 0.6 is 0 Å². The van der Waals surface area contributed by atoms with Gasteiger partial charge in [-0.2, -0.15) is 0 Å². The van der Waals surface area contributed by atoms with E-state index in [1.807, 2.05) is 62.4 Å². The number of rotatable bonds is 13. The molecule has 0 fully saturated rings. The van der Waals surface area contributed by atoms with E-state index in [4.69, 9.17) is 9.47 Å². The number of aliphatic hydroxyl groups excluding tert-OH is 2. The maximum absolute atomic E-state index is 9.96. The lowest BCUT2D eigenvalue weighted by molar-refractivity contribution is 0.103. The Morgan fingerprint density at radius 3 is 1.57 bits per heavy atom. The zero-order chi connectivity index (χ0) is 20.2. The number of benzene rings is 2. The van der Waals surface area contributed by atoms with Crippen LogP contribution in [0.3, 0.4) is 0 Å². The topological polar surface area (TPSA) is 83.0 Å². The maximum atomic E-state index is 9.96. The van der Waals surface area contributed by atoms with Gasteiger partial charge in [0.15, 0.2) is 0 Å². The van der Waals surface area contributed by atoms with Gasteiger partial charge in [-0.05, 0) is 49.2 Å². The molecule has 0 aromatic heterocycles. The molecule has 2 aromatic rings. The van der Waals surface area contributed by atoms with Gasteiger partial charge in [-0.1, -0.05) is 24.3 Å². The molecule has 6 nitrogen and oxygen atoms in total. The maximum Gasteiger partial charge on any atom is 0.119 e. The molecule has 0 aliphatic heterocycles. The first-order chi connectivity index (χ1) is 13.5. The Morgan fingerprint density at radius 2 is 1.18 bits per heavy atom. The molecule has 2 rings (SSSR count). The number of hydrogen-bond donors (Lipinski definition) is 4. The molecule has 28 heavy (non-hydrogen) atoms. The van der Waals surface area contributed by atoms with Crippen molar-refractivity contribution in [2.75, 3.05) is 39.4 Å². The molecule has 2 aromatic carbocycles. The summed E-state index contributed by atoms with van der Waals surface area (Å²) in [5.41, 5.74) is 2.25. The van der Waals surface area contributed by atoms with Crippen molar-refractivity contribution in [3.8, 4) is 11.5 Å². The Hall–Kier alpha value is -2.12. The van der Waals surface area contributed by atoms with Crippen LogP contribution in [-0.4, -0.2) is 61.8 Å². The average molecular weight is 389 g/mol. The van der Waals surface area contributed by atoms with Crippen LogP contribution in [0, 0.1) is 13.8 Å². The predicted molar refractivity (Wildman–Crippen MR) is 111 cm³/mol. The van der Waals surface area contributed by atoms with Gasteiger partial charge in [0.1, 0.15) is 36.9 Å². The van der Waals surface area contributed by atoms with E-state index in [0.717, 1.165) is 22.6 Å². The standard InChI is InChI=1S/C22H32N2O4/c1-17-5-3-7-21(11-17)27-15-19(25)13-23-9-10-24-14-20(26)16-28-22-8-4-6-18(2)12-22/h3-8,11-12,19-20,23-26H,9-10,13-16H2,1-2H3. The van der Waals surface area contributed by atoms with E-state index in [2.05, 4.69) is 10.6 Å². The van der Waals surface area contributed by atoms with E-state index in [0.29, 0.717) is 26.2 Å². The van der Waals surface area contributed by atoms with Gasteiger partial charge in [-0.3, -0.25) is 0 Å². The molecule has 0 aliphatic carbocycles. The quantitative estimate of drug-likeness (QED) is 0.391. The normalized spacial score (nSPS) is 13.1. The van der Waals surface area contributed by atoms with E-state index in [1.54, 1.807) is 0 Å². The highest BCUT2D eigenvalue weighted by atomic mass is 16.5. The molecule has 0 amide bonds.